The zero-order valence-corrected chi connectivity index (χ0v) is 35.2. The van der Waals surface area contributed by atoms with E-state index in [9.17, 15) is 14.7 Å². The molecule has 1 amide bonds. The third-order valence-corrected chi connectivity index (χ3v) is 9.76. The Morgan fingerprint density at radius 1 is 0.604 bits per heavy atom. The van der Waals surface area contributed by atoms with Gasteiger partial charge in [-0.15, -0.1) is 0 Å². The molecule has 0 radical (unpaired) electrons. The van der Waals surface area contributed by atoms with E-state index < -0.39 is 12.3 Å². The SMILES string of the molecule is CCCCC/C=C\C/C=C\CCCCCCCCOC(=O)CC(CC(O)OCCCCCCCC/C=C\C/C=C\CCCCC)NC(=O)SCCOC. The van der Waals surface area contributed by atoms with Gasteiger partial charge in [-0.3, -0.25) is 9.59 Å². The Balaban J connectivity index is 4.10. The molecule has 0 heterocycles. The van der Waals surface area contributed by atoms with Crippen LogP contribution >= 0.6 is 11.8 Å². The number of aliphatic hydroxyl groups excluding tert-OH is 1. The van der Waals surface area contributed by atoms with E-state index in [1.54, 1.807) is 7.11 Å². The average Bonchev–Trinajstić information content (AvgIpc) is 3.14. The van der Waals surface area contributed by atoms with E-state index in [1.807, 2.05) is 0 Å². The fourth-order valence-electron chi connectivity index (χ4n) is 5.78. The number of thioether (sulfide) groups is 1. The van der Waals surface area contributed by atoms with Gasteiger partial charge in [0.2, 0.25) is 0 Å². The highest BCUT2D eigenvalue weighted by molar-refractivity contribution is 8.13. The molecule has 0 aliphatic heterocycles. The molecule has 0 saturated heterocycles. The first-order valence-corrected chi connectivity index (χ1v) is 22.5. The summed E-state index contributed by atoms with van der Waals surface area (Å²) in [6.07, 6.45) is 45.4. The van der Waals surface area contributed by atoms with Gasteiger partial charge in [-0.1, -0.05) is 151 Å². The van der Waals surface area contributed by atoms with E-state index in [0.29, 0.717) is 25.6 Å². The van der Waals surface area contributed by atoms with Crippen molar-refractivity contribution in [2.75, 3.05) is 32.7 Å². The smallest absolute Gasteiger partial charge is 0.307 e. The van der Waals surface area contributed by atoms with Gasteiger partial charge in [0.25, 0.3) is 5.24 Å². The van der Waals surface area contributed by atoms with E-state index in [4.69, 9.17) is 14.2 Å². The lowest BCUT2D eigenvalue weighted by molar-refractivity contribution is -0.145. The predicted molar refractivity (Wildman–Crippen MR) is 228 cm³/mol. The van der Waals surface area contributed by atoms with Gasteiger partial charge in [-0.05, 0) is 77.0 Å². The minimum absolute atomic E-state index is 0.00407. The van der Waals surface area contributed by atoms with Crippen LogP contribution in [0.4, 0.5) is 4.79 Å². The first-order chi connectivity index (χ1) is 26.0. The van der Waals surface area contributed by atoms with Crippen molar-refractivity contribution in [3.05, 3.63) is 48.6 Å². The van der Waals surface area contributed by atoms with Crippen LogP contribution in [0.15, 0.2) is 48.6 Å². The lowest BCUT2D eigenvalue weighted by Crippen LogP contribution is -2.38. The summed E-state index contributed by atoms with van der Waals surface area (Å²) in [6, 6.07) is -0.563. The minimum atomic E-state index is -1.05. The van der Waals surface area contributed by atoms with Crippen LogP contribution in [0, 0.1) is 0 Å². The average molecular weight is 764 g/mol. The second-order valence-electron chi connectivity index (χ2n) is 14.1. The van der Waals surface area contributed by atoms with Gasteiger partial charge in [0.15, 0.2) is 6.29 Å². The van der Waals surface area contributed by atoms with Crippen LogP contribution in [0.1, 0.15) is 181 Å². The summed E-state index contributed by atoms with van der Waals surface area (Å²) in [7, 11) is 1.59. The summed E-state index contributed by atoms with van der Waals surface area (Å²) in [5.74, 6) is 0.150. The Morgan fingerprint density at radius 3 is 1.55 bits per heavy atom. The zero-order chi connectivity index (χ0) is 38.7. The van der Waals surface area contributed by atoms with Gasteiger partial charge < -0.3 is 24.6 Å². The molecule has 0 aromatic carbocycles. The molecule has 0 fully saturated rings. The minimum Gasteiger partial charge on any atom is -0.466 e. The van der Waals surface area contributed by atoms with Crippen LogP contribution in [0.3, 0.4) is 0 Å². The monoisotopic (exact) mass is 764 g/mol. The number of aliphatic hydroxyl groups is 1. The van der Waals surface area contributed by atoms with Crippen LogP contribution in [-0.4, -0.2) is 61.3 Å². The number of allylic oxidation sites excluding steroid dienone is 8. The molecule has 7 nitrogen and oxygen atoms in total. The number of amides is 1. The van der Waals surface area contributed by atoms with E-state index >= 15 is 0 Å². The topological polar surface area (TPSA) is 94.1 Å². The fraction of sp³-hybridized carbons (Fsp3) is 0.778. The number of hydrogen-bond acceptors (Lipinski definition) is 7. The molecular weight excluding hydrogens is 683 g/mol. The number of rotatable bonds is 39. The van der Waals surface area contributed by atoms with Crippen molar-refractivity contribution in [3.63, 3.8) is 0 Å². The van der Waals surface area contributed by atoms with Crippen LogP contribution in [0.25, 0.3) is 0 Å². The highest BCUT2D eigenvalue weighted by Crippen LogP contribution is 2.13. The summed E-state index contributed by atoms with van der Waals surface area (Å²) in [5, 5.41) is 13.2. The first kappa shape index (κ1) is 51.1. The van der Waals surface area contributed by atoms with Crippen LogP contribution < -0.4 is 5.32 Å². The normalized spacial score (nSPS) is 13.2. The van der Waals surface area contributed by atoms with Crippen molar-refractivity contribution < 1.29 is 28.9 Å². The van der Waals surface area contributed by atoms with Crippen LogP contribution in [-0.2, 0) is 19.0 Å². The van der Waals surface area contributed by atoms with Gasteiger partial charge in [0, 0.05) is 31.9 Å². The maximum absolute atomic E-state index is 12.6. The van der Waals surface area contributed by atoms with Crippen molar-refractivity contribution in [3.8, 4) is 0 Å². The van der Waals surface area contributed by atoms with Gasteiger partial charge in [-0.2, -0.15) is 0 Å². The molecule has 2 unspecified atom stereocenters. The Kier molecular flexibility index (Phi) is 41.4. The Bertz CT molecular complexity index is 921. The molecular formula is C45H81NO6S. The fourth-order valence-corrected chi connectivity index (χ4v) is 6.46. The van der Waals surface area contributed by atoms with E-state index in [-0.39, 0.29) is 24.1 Å². The summed E-state index contributed by atoms with van der Waals surface area (Å²) < 4.78 is 16.2. The molecule has 0 rings (SSSR count). The number of methoxy groups -OCH3 is 1. The number of ether oxygens (including phenoxy) is 3. The lowest BCUT2D eigenvalue weighted by Gasteiger charge is -2.21. The van der Waals surface area contributed by atoms with E-state index in [0.717, 1.165) is 76.0 Å². The van der Waals surface area contributed by atoms with Crippen molar-refractivity contribution in [1.82, 2.24) is 5.32 Å². The van der Waals surface area contributed by atoms with Crippen molar-refractivity contribution in [2.45, 2.75) is 193 Å². The van der Waals surface area contributed by atoms with Gasteiger partial charge in [-0.25, -0.2) is 0 Å². The Labute approximate surface area is 330 Å². The number of nitrogens with one attached hydrogen (secondary N) is 1. The molecule has 0 bridgehead atoms. The van der Waals surface area contributed by atoms with Gasteiger partial charge in [0.1, 0.15) is 0 Å². The highest BCUT2D eigenvalue weighted by Gasteiger charge is 2.21. The third kappa shape index (κ3) is 41.1. The molecule has 308 valence electrons. The van der Waals surface area contributed by atoms with Crippen molar-refractivity contribution >= 4 is 23.0 Å². The third-order valence-electron chi connectivity index (χ3n) is 9.01. The first-order valence-electron chi connectivity index (χ1n) is 21.5. The Morgan fingerprint density at radius 2 is 1.06 bits per heavy atom. The largest absolute Gasteiger partial charge is 0.466 e. The standard InChI is InChI=1S/C45H81NO6S/c1-4-6-8-10-12-14-16-18-20-22-24-26-28-30-32-34-36-51-43(47)40-42(46-45(49)53-39-38-50-3)41-44(48)52-37-35-33-31-29-27-25-23-21-19-17-15-13-11-9-7-5-2/h12-15,18-21,42-43,47H,4-11,16-17,22-41H2,1-3H3,(H,46,49)/b14-12-,15-13-,20-18-,21-19-. The van der Waals surface area contributed by atoms with Gasteiger partial charge >= 0.3 is 5.97 Å². The van der Waals surface area contributed by atoms with Crippen LogP contribution in [0.5, 0.6) is 0 Å². The summed E-state index contributed by atoms with van der Waals surface area (Å²) >= 11 is 1.10. The van der Waals surface area contributed by atoms with E-state index in [1.165, 1.54) is 89.9 Å². The maximum Gasteiger partial charge on any atom is 0.307 e. The summed E-state index contributed by atoms with van der Waals surface area (Å²) in [6.45, 7) is 5.77. The van der Waals surface area contributed by atoms with Crippen LogP contribution in [0.2, 0.25) is 0 Å². The van der Waals surface area contributed by atoms with Crippen molar-refractivity contribution in [1.29, 1.82) is 0 Å². The number of carbonyl (C=O) groups excluding carboxylic acids is 2. The van der Waals surface area contributed by atoms with Crippen molar-refractivity contribution in [2.24, 2.45) is 0 Å². The number of carbonyl (C=O) groups is 2. The molecule has 2 atom stereocenters. The quantitative estimate of drug-likeness (QED) is 0.0279. The lowest BCUT2D eigenvalue weighted by atomic mass is 10.1. The highest BCUT2D eigenvalue weighted by atomic mass is 32.2. The molecule has 8 heteroatoms. The maximum atomic E-state index is 12.6. The summed E-state index contributed by atoms with van der Waals surface area (Å²) in [4.78, 5) is 25.1. The second kappa shape index (κ2) is 42.9. The molecule has 0 aliphatic rings. The molecule has 2 N–H and O–H groups in total. The molecule has 53 heavy (non-hydrogen) atoms. The molecule has 0 spiro atoms. The number of unbranched alkanes of at least 4 members (excludes halogenated alkanes) is 18. The van der Waals surface area contributed by atoms with E-state index in [2.05, 4.69) is 67.8 Å². The molecule has 0 aliphatic carbocycles. The number of esters is 1. The summed E-state index contributed by atoms with van der Waals surface area (Å²) in [5.41, 5.74) is 0. The molecule has 0 aromatic heterocycles. The molecule has 0 aromatic rings. The zero-order valence-electron chi connectivity index (χ0n) is 34.4. The molecule has 0 saturated carbocycles. The second-order valence-corrected chi connectivity index (χ2v) is 15.2. The number of hydrogen-bond donors (Lipinski definition) is 2. The Hall–Kier alpha value is -1.87. The predicted octanol–water partition coefficient (Wildman–Crippen LogP) is 12.7. The van der Waals surface area contributed by atoms with Gasteiger partial charge in [0.05, 0.1) is 19.6 Å².